The molecule has 0 heterocycles. The molecule has 5 heteroatoms. The van der Waals surface area contributed by atoms with Crippen molar-refractivity contribution in [2.24, 2.45) is 0 Å². The van der Waals surface area contributed by atoms with Crippen LogP contribution in [0.25, 0.3) is 0 Å². The largest absolute Gasteiger partial charge is 0.480 e. The van der Waals surface area contributed by atoms with Crippen LogP contribution >= 0.6 is 24.6 Å². The average molecular weight is 195 g/mol. The van der Waals surface area contributed by atoms with Gasteiger partial charge in [-0.1, -0.05) is 19.7 Å². The zero-order chi connectivity index (χ0) is 8.69. The van der Waals surface area contributed by atoms with Crippen LogP contribution in [0.4, 0.5) is 0 Å². The Bertz CT molecular complexity index is 121. The molecule has 0 spiro atoms. The normalized spacial score (nSPS) is 12.9. The molecule has 66 valence electrons. The van der Waals surface area contributed by atoms with Crippen molar-refractivity contribution in [2.75, 3.05) is 11.5 Å². The van der Waals surface area contributed by atoms with Crippen molar-refractivity contribution >= 4 is 30.5 Å². The highest BCUT2D eigenvalue weighted by Crippen LogP contribution is 2.04. The maximum Gasteiger partial charge on any atom is 0.322 e. The minimum absolute atomic E-state index is 0.533. The first-order valence-electron chi connectivity index (χ1n) is 3.42. The molecule has 0 aromatic heterocycles. The molecule has 11 heavy (non-hydrogen) atoms. The van der Waals surface area contributed by atoms with Gasteiger partial charge in [0.2, 0.25) is 0 Å². The van der Waals surface area contributed by atoms with Crippen LogP contribution in [0.15, 0.2) is 0 Å². The number of carboxylic acid groups (broad SMARTS) is 1. The molecule has 0 unspecified atom stereocenters. The average Bonchev–Trinajstić information content (AvgIpc) is 1.97. The molecule has 0 aliphatic rings. The van der Waals surface area contributed by atoms with E-state index in [-0.39, 0.29) is 0 Å². The monoisotopic (exact) mass is 195 g/mol. The van der Waals surface area contributed by atoms with Gasteiger partial charge >= 0.3 is 5.97 Å². The summed E-state index contributed by atoms with van der Waals surface area (Å²) < 4.78 is 2.43. The van der Waals surface area contributed by atoms with Crippen molar-refractivity contribution in [1.29, 1.82) is 0 Å². The zero-order valence-corrected chi connectivity index (χ0v) is 8.12. The summed E-state index contributed by atoms with van der Waals surface area (Å²) in [5.41, 5.74) is 0. The third-order valence-electron chi connectivity index (χ3n) is 1.09. The van der Waals surface area contributed by atoms with Gasteiger partial charge in [-0.3, -0.25) is 9.52 Å². The molecule has 0 aromatic rings. The minimum Gasteiger partial charge on any atom is -0.480 e. The second kappa shape index (κ2) is 6.82. The molecule has 3 nitrogen and oxygen atoms in total. The lowest BCUT2D eigenvalue weighted by molar-refractivity contribution is -0.138. The Labute approximate surface area is 76.5 Å². The van der Waals surface area contributed by atoms with E-state index in [9.17, 15) is 4.79 Å². The van der Waals surface area contributed by atoms with Gasteiger partial charge in [-0.25, -0.2) is 0 Å². The van der Waals surface area contributed by atoms with Crippen molar-refractivity contribution in [2.45, 2.75) is 19.4 Å². The Morgan fingerprint density at radius 2 is 2.45 bits per heavy atom. The number of thiol groups is 1. The first-order chi connectivity index (χ1) is 5.22. The number of carboxylic acids is 1. The SMILES string of the molecule is CCCSC[C@H](NS)C(=O)O. The first kappa shape index (κ1) is 11.1. The molecular weight excluding hydrogens is 182 g/mol. The van der Waals surface area contributed by atoms with Gasteiger partial charge in [0.05, 0.1) is 0 Å². The van der Waals surface area contributed by atoms with Gasteiger partial charge < -0.3 is 5.11 Å². The molecule has 0 bridgehead atoms. The molecule has 0 amide bonds. The van der Waals surface area contributed by atoms with E-state index in [2.05, 4.69) is 24.5 Å². The third kappa shape index (κ3) is 5.41. The van der Waals surface area contributed by atoms with E-state index in [4.69, 9.17) is 5.11 Å². The predicted octanol–water partition coefficient (Wildman–Crippen LogP) is 1.02. The summed E-state index contributed by atoms with van der Waals surface area (Å²) in [5.74, 6) is 0.731. The Balaban J connectivity index is 3.44. The van der Waals surface area contributed by atoms with Crippen molar-refractivity contribution in [1.82, 2.24) is 4.72 Å². The van der Waals surface area contributed by atoms with Gasteiger partial charge in [0, 0.05) is 5.75 Å². The number of hydrogen-bond acceptors (Lipinski definition) is 4. The number of nitrogens with one attached hydrogen (secondary N) is 1. The Kier molecular flexibility index (Phi) is 6.90. The molecule has 0 aromatic carbocycles. The highest BCUT2D eigenvalue weighted by molar-refractivity contribution is 7.99. The van der Waals surface area contributed by atoms with Gasteiger partial charge in [-0.05, 0) is 12.2 Å². The molecular formula is C6H13NO2S2. The van der Waals surface area contributed by atoms with Crippen LogP contribution in [0.1, 0.15) is 13.3 Å². The van der Waals surface area contributed by atoms with E-state index < -0.39 is 12.0 Å². The topological polar surface area (TPSA) is 49.3 Å². The summed E-state index contributed by atoms with van der Waals surface area (Å²) >= 11 is 5.33. The third-order valence-corrected chi connectivity index (χ3v) is 2.66. The molecule has 0 aliphatic heterocycles. The Morgan fingerprint density at radius 3 is 2.82 bits per heavy atom. The van der Waals surface area contributed by atoms with Gasteiger partial charge in [0.25, 0.3) is 0 Å². The van der Waals surface area contributed by atoms with Crippen LogP contribution in [0.2, 0.25) is 0 Å². The highest BCUT2D eigenvalue weighted by atomic mass is 32.2. The summed E-state index contributed by atoms with van der Waals surface area (Å²) in [4.78, 5) is 10.4. The number of rotatable bonds is 6. The lowest BCUT2D eigenvalue weighted by atomic mass is 10.4. The highest BCUT2D eigenvalue weighted by Gasteiger charge is 2.13. The van der Waals surface area contributed by atoms with E-state index in [1.165, 1.54) is 0 Å². The van der Waals surface area contributed by atoms with Crippen LogP contribution < -0.4 is 4.72 Å². The summed E-state index contributed by atoms with van der Waals surface area (Å²) in [6.07, 6.45) is 1.07. The predicted molar refractivity (Wildman–Crippen MR) is 51.2 cm³/mol. The summed E-state index contributed by atoms with van der Waals surface area (Å²) in [6, 6.07) is -0.533. The number of hydrogen-bond donors (Lipinski definition) is 3. The van der Waals surface area contributed by atoms with E-state index in [1.54, 1.807) is 11.8 Å². The van der Waals surface area contributed by atoms with Crippen LogP contribution in [0.5, 0.6) is 0 Å². The second-order valence-corrected chi connectivity index (χ2v) is 3.50. The van der Waals surface area contributed by atoms with Crippen molar-refractivity contribution in [3.05, 3.63) is 0 Å². The zero-order valence-electron chi connectivity index (χ0n) is 6.41. The maximum atomic E-state index is 10.4. The summed E-state index contributed by atoms with van der Waals surface area (Å²) in [6.45, 7) is 2.07. The van der Waals surface area contributed by atoms with Gasteiger partial charge in [0.15, 0.2) is 0 Å². The minimum atomic E-state index is -0.844. The van der Waals surface area contributed by atoms with E-state index in [0.29, 0.717) is 5.75 Å². The number of carbonyl (C=O) groups is 1. The van der Waals surface area contributed by atoms with E-state index >= 15 is 0 Å². The second-order valence-electron chi connectivity index (χ2n) is 2.09. The molecule has 0 saturated heterocycles. The molecule has 0 aliphatic carbocycles. The van der Waals surface area contributed by atoms with Gasteiger partial charge in [-0.15, -0.1) is 0 Å². The number of aliphatic carboxylic acids is 1. The fourth-order valence-electron chi connectivity index (χ4n) is 0.509. The first-order valence-corrected chi connectivity index (χ1v) is 5.02. The molecule has 2 N–H and O–H groups in total. The smallest absolute Gasteiger partial charge is 0.322 e. The van der Waals surface area contributed by atoms with E-state index in [0.717, 1.165) is 12.2 Å². The van der Waals surface area contributed by atoms with Gasteiger partial charge in [0.1, 0.15) is 6.04 Å². The van der Waals surface area contributed by atoms with Crippen LogP contribution in [-0.4, -0.2) is 28.6 Å². The lowest BCUT2D eigenvalue weighted by Gasteiger charge is -2.08. The number of thioether (sulfide) groups is 1. The maximum absolute atomic E-state index is 10.4. The standard InChI is InChI=1S/C6H13NO2S2/c1-2-3-11-4-5(7-10)6(8)9/h5,7,10H,2-4H2,1H3,(H,8,9)/t5-/m0/s1. The summed E-state index contributed by atoms with van der Waals surface area (Å²) in [7, 11) is 0. The van der Waals surface area contributed by atoms with Crippen LogP contribution in [0, 0.1) is 0 Å². The fraction of sp³-hybridized carbons (Fsp3) is 0.833. The van der Waals surface area contributed by atoms with Crippen molar-refractivity contribution < 1.29 is 9.90 Å². The van der Waals surface area contributed by atoms with Crippen molar-refractivity contribution in [3.63, 3.8) is 0 Å². The van der Waals surface area contributed by atoms with Crippen LogP contribution in [0.3, 0.4) is 0 Å². The molecule has 0 fully saturated rings. The van der Waals surface area contributed by atoms with Crippen molar-refractivity contribution in [3.8, 4) is 0 Å². The Hall–Kier alpha value is 0.130. The fourth-order valence-corrected chi connectivity index (χ4v) is 1.75. The molecule has 0 saturated carbocycles. The quantitative estimate of drug-likeness (QED) is 0.437. The van der Waals surface area contributed by atoms with E-state index in [1.807, 2.05) is 0 Å². The van der Waals surface area contributed by atoms with Gasteiger partial charge in [-0.2, -0.15) is 11.8 Å². The molecule has 1 atom stereocenters. The lowest BCUT2D eigenvalue weighted by Crippen LogP contribution is -2.33. The molecule has 0 rings (SSSR count). The van der Waals surface area contributed by atoms with Crippen LogP contribution in [-0.2, 0) is 4.79 Å². The molecule has 0 radical (unpaired) electrons. The Morgan fingerprint density at radius 1 is 1.82 bits per heavy atom. The summed E-state index contributed by atoms with van der Waals surface area (Å²) in [5, 5.41) is 8.55.